The van der Waals surface area contributed by atoms with Gasteiger partial charge in [-0.15, -0.1) is 0 Å². The number of hydrogen-bond donors (Lipinski definition) is 5. The van der Waals surface area contributed by atoms with Crippen molar-refractivity contribution in [1.29, 1.82) is 0 Å². The molecule has 0 radical (unpaired) electrons. The Balaban J connectivity index is 1.38. The van der Waals surface area contributed by atoms with E-state index in [1.165, 1.54) is 12.8 Å². The van der Waals surface area contributed by atoms with Gasteiger partial charge in [-0.1, -0.05) is 6.07 Å². The van der Waals surface area contributed by atoms with Crippen LogP contribution in [0.15, 0.2) is 23.5 Å². The summed E-state index contributed by atoms with van der Waals surface area (Å²) in [5, 5.41) is 47.1. The first kappa shape index (κ1) is 20.1. The first-order valence-electron chi connectivity index (χ1n) is 12.2. The maximum Gasteiger partial charge on any atom is 0.251 e. The molecule has 3 fully saturated rings. The van der Waals surface area contributed by atoms with E-state index in [4.69, 9.17) is 4.74 Å². The average Bonchev–Trinajstić information content (AvgIpc) is 3.71. The Morgan fingerprint density at radius 3 is 2.70 bits per heavy atom. The third-order valence-corrected chi connectivity index (χ3v) is 9.33. The maximum atomic E-state index is 13.3. The van der Waals surface area contributed by atoms with E-state index in [9.17, 15) is 25.2 Å². The fourth-order valence-corrected chi connectivity index (χ4v) is 7.16. The molecule has 0 aromatic heterocycles. The van der Waals surface area contributed by atoms with Gasteiger partial charge in [0.2, 0.25) is 0 Å². The lowest BCUT2D eigenvalue weighted by Crippen LogP contribution is -2.76. The molecule has 5 N–H and O–H groups in total. The summed E-state index contributed by atoms with van der Waals surface area (Å²) in [7, 11) is 0. The highest BCUT2D eigenvalue weighted by atomic mass is 16.5. The summed E-state index contributed by atoms with van der Waals surface area (Å²) >= 11 is 0. The number of nitrogens with one attached hydrogen (secondary N) is 1. The zero-order valence-electron chi connectivity index (χ0n) is 18.5. The topological polar surface area (TPSA) is 122 Å². The molecule has 1 saturated heterocycles. The van der Waals surface area contributed by atoms with Crippen LogP contribution < -0.4 is 10.1 Å². The molecule has 1 aromatic rings. The highest BCUT2D eigenvalue weighted by molar-refractivity contribution is 5.96. The second-order valence-corrected chi connectivity index (χ2v) is 11.2. The number of aromatic hydroxyl groups is 1. The number of nitrogens with zero attached hydrogens (tertiary/aromatic N) is 1. The van der Waals surface area contributed by atoms with Crippen LogP contribution in [-0.2, 0) is 16.6 Å². The number of carbonyl (C=O) groups is 1. The highest BCUT2D eigenvalue weighted by Gasteiger charge is 2.73. The second kappa shape index (κ2) is 6.23. The van der Waals surface area contributed by atoms with E-state index in [0.29, 0.717) is 37.4 Å². The lowest BCUT2D eigenvalue weighted by molar-refractivity contribution is -0.172. The molecule has 1 amide bonds. The predicted molar refractivity (Wildman–Crippen MR) is 117 cm³/mol. The van der Waals surface area contributed by atoms with Gasteiger partial charge in [0, 0.05) is 24.6 Å². The standard InChI is InChI=1S/C25H30N2O6/c28-12-23(5-6-23)26-22(31)15-10-25(32)17-9-14-3-4-16(29)20-18(14)24(25,21(33-20)19(15)30)7-8-27(17)11-13-1-2-13/h3-4,13,17,21,28-30,32H,1-2,5-12H2,(H,26,31)/t17-,21+,24+,25-/m1/s1. The predicted octanol–water partition coefficient (Wildman–Crippen LogP) is 1.02. The van der Waals surface area contributed by atoms with Crippen molar-refractivity contribution in [3.05, 3.63) is 34.6 Å². The van der Waals surface area contributed by atoms with Crippen molar-refractivity contribution in [1.82, 2.24) is 10.2 Å². The molecule has 2 bridgehead atoms. The van der Waals surface area contributed by atoms with E-state index >= 15 is 0 Å². The SMILES string of the molecule is O=C(NC1(CO)CC1)C1=C(O)[C@@H]2Oc3c(O)ccc4c3[C@@]23CCN(CC2CC2)[C@H](C4)[C@]3(O)C1. The monoisotopic (exact) mass is 454 g/mol. The van der Waals surface area contributed by atoms with E-state index in [-0.39, 0.29) is 36.2 Å². The number of aliphatic hydroxyl groups excluding tert-OH is 2. The Kier molecular flexibility index (Phi) is 3.80. The summed E-state index contributed by atoms with van der Waals surface area (Å²) < 4.78 is 6.20. The minimum absolute atomic E-state index is 0.00486. The van der Waals surface area contributed by atoms with E-state index in [1.54, 1.807) is 6.07 Å². The number of rotatable bonds is 5. The van der Waals surface area contributed by atoms with Gasteiger partial charge in [-0.25, -0.2) is 0 Å². The molecule has 2 saturated carbocycles. The van der Waals surface area contributed by atoms with Crippen molar-refractivity contribution < 1.29 is 30.0 Å². The van der Waals surface area contributed by atoms with E-state index in [2.05, 4.69) is 10.2 Å². The molecule has 1 aromatic carbocycles. The molecule has 4 aliphatic carbocycles. The van der Waals surface area contributed by atoms with Crippen LogP contribution in [0, 0.1) is 5.92 Å². The molecule has 2 aliphatic heterocycles. The van der Waals surface area contributed by atoms with Crippen LogP contribution in [0.5, 0.6) is 11.5 Å². The summed E-state index contributed by atoms with van der Waals surface area (Å²) in [6, 6.07) is 3.33. The molecule has 176 valence electrons. The fourth-order valence-electron chi connectivity index (χ4n) is 7.16. The van der Waals surface area contributed by atoms with Gasteiger partial charge in [0.1, 0.15) is 5.76 Å². The molecule has 7 rings (SSSR count). The second-order valence-electron chi connectivity index (χ2n) is 11.2. The van der Waals surface area contributed by atoms with Crippen LogP contribution in [0.1, 0.15) is 49.7 Å². The van der Waals surface area contributed by atoms with Gasteiger partial charge in [-0.05, 0) is 62.6 Å². The zero-order chi connectivity index (χ0) is 22.8. The van der Waals surface area contributed by atoms with Crippen LogP contribution in [0.25, 0.3) is 0 Å². The van der Waals surface area contributed by atoms with Gasteiger partial charge >= 0.3 is 0 Å². The molecule has 6 aliphatic rings. The number of aliphatic hydroxyl groups is 3. The summed E-state index contributed by atoms with van der Waals surface area (Å²) in [6.45, 7) is 1.56. The van der Waals surface area contributed by atoms with Gasteiger partial charge in [0.25, 0.3) is 5.91 Å². The molecule has 8 nitrogen and oxygen atoms in total. The van der Waals surface area contributed by atoms with Gasteiger partial charge in [-0.2, -0.15) is 0 Å². The number of phenolic OH excluding ortho intramolecular Hbond substituents is 1. The normalized spacial score (nSPS) is 37.4. The van der Waals surface area contributed by atoms with Crippen molar-refractivity contribution in [2.24, 2.45) is 5.92 Å². The van der Waals surface area contributed by atoms with Gasteiger partial charge in [0.15, 0.2) is 17.6 Å². The van der Waals surface area contributed by atoms with Crippen LogP contribution in [-0.4, -0.2) is 74.2 Å². The Bertz CT molecular complexity index is 1110. The van der Waals surface area contributed by atoms with Gasteiger partial charge < -0.3 is 30.5 Å². The molecule has 33 heavy (non-hydrogen) atoms. The number of ether oxygens (including phenoxy) is 1. The molecule has 0 unspecified atom stereocenters. The maximum absolute atomic E-state index is 13.3. The van der Waals surface area contributed by atoms with Crippen LogP contribution in [0.3, 0.4) is 0 Å². The Morgan fingerprint density at radius 1 is 1.21 bits per heavy atom. The number of phenols is 1. The summed E-state index contributed by atoms with van der Waals surface area (Å²) in [6.07, 6.45) is 4.10. The molecule has 2 heterocycles. The van der Waals surface area contributed by atoms with E-state index < -0.39 is 28.6 Å². The Labute approximate surface area is 191 Å². The van der Waals surface area contributed by atoms with E-state index in [1.807, 2.05) is 6.07 Å². The average molecular weight is 455 g/mol. The number of likely N-dealkylation sites (tertiary alicyclic amines) is 1. The van der Waals surface area contributed by atoms with Gasteiger partial charge in [0.05, 0.1) is 28.7 Å². The summed E-state index contributed by atoms with van der Waals surface area (Å²) in [5.74, 6) is 0.360. The van der Waals surface area contributed by atoms with Crippen molar-refractivity contribution >= 4 is 5.91 Å². The third-order valence-electron chi connectivity index (χ3n) is 9.33. The lowest BCUT2D eigenvalue weighted by atomic mass is 9.49. The fraction of sp³-hybridized carbons (Fsp3) is 0.640. The van der Waals surface area contributed by atoms with Crippen molar-refractivity contribution in [2.75, 3.05) is 19.7 Å². The van der Waals surface area contributed by atoms with Crippen LogP contribution in [0.2, 0.25) is 0 Å². The van der Waals surface area contributed by atoms with E-state index in [0.717, 1.165) is 24.2 Å². The first-order valence-corrected chi connectivity index (χ1v) is 12.2. The molecule has 1 spiro atoms. The van der Waals surface area contributed by atoms with Crippen molar-refractivity contribution in [2.45, 2.75) is 73.6 Å². The summed E-state index contributed by atoms with van der Waals surface area (Å²) in [5.41, 5.74) is -0.872. The highest BCUT2D eigenvalue weighted by Crippen LogP contribution is 2.66. The quantitative estimate of drug-likeness (QED) is 0.450. The number of hydrogen-bond acceptors (Lipinski definition) is 7. The number of benzene rings is 1. The van der Waals surface area contributed by atoms with Gasteiger partial charge in [-0.3, -0.25) is 9.69 Å². The van der Waals surface area contributed by atoms with Crippen molar-refractivity contribution in [3.8, 4) is 11.5 Å². The largest absolute Gasteiger partial charge is 0.508 e. The zero-order valence-corrected chi connectivity index (χ0v) is 18.5. The smallest absolute Gasteiger partial charge is 0.251 e. The van der Waals surface area contributed by atoms with Crippen LogP contribution in [0.4, 0.5) is 0 Å². The number of carbonyl (C=O) groups excluding carboxylic acids is 1. The lowest BCUT2D eigenvalue weighted by Gasteiger charge is -2.62. The Hall–Kier alpha value is -2.29. The molecular formula is C25H30N2O6. The minimum Gasteiger partial charge on any atom is -0.508 e. The number of amides is 1. The van der Waals surface area contributed by atoms with Crippen LogP contribution >= 0.6 is 0 Å². The third kappa shape index (κ3) is 2.44. The summed E-state index contributed by atoms with van der Waals surface area (Å²) in [4.78, 5) is 15.7. The minimum atomic E-state index is -1.31. The van der Waals surface area contributed by atoms with Crippen molar-refractivity contribution in [3.63, 3.8) is 0 Å². The molecular weight excluding hydrogens is 424 g/mol. The molecule has 4 atom stereocenters. The first-order chi connectivity index (χ1) is 15.8. The molecule has 8 heteroatoms. The number of piperidine rings is 1. The Morgan fingerprint density at radius 2 is 2.00 bits per heavy atom.